The van der Waals surface area contributed by atoms with Crippen LogP contribution in [0.5, 0.6) is 0 Å². The number of thioether (sulfide) groups is 1. The predicted octanol–water partition coefficient (Wildman–Crippen LogP) is 3.22. The number of benzene rings is 1. The van der Waals surface area contributed by atoms with E-state index < -0.39 is 41.7 Å². The van der Waals surface area contributed by atoms with Crippen LogP contribution in [0.2, 0.25) is 5.02 Å². The first-order valence-electron chi connectivity index (χ1n) is 8.70. The Bertz CT molecular complexity index is 888. The highest BCUT2D eigenvalue weighted by molar-refractivity contribution is 7.99. The number of carbonyl (C=O) groups is 2. The molecule has 30 heavy (non-hydrogen) atoms. The Hall–Kier alpha value is -2.48. The van der Waals surface area contributed by atoms with Gasteiger partial charge in [-0.25, -0.2) is 0 Å². The average molecular weight is 455 g/mol. The number of ether oxygens (including phenoxy) is 4. The molecular formula is C18H19ClN4O6S. The van der Waals surface area contributed by atoms with Gasteiger partial charge in [-0.05, 0) is 23.7 Å². The molecule has 1 aliphatic rings. The van der Waals surface area contributed by atoms with Crippen LogP contribution in [0.3, 0.4) is 0 Å². The number of nitrogens with zero attached hydrogens (tertiary/aromatic N) is 4. The highest BCUT2D eigenvalue weighted by Crippen LogP contribution is 2.39. The lowest BCUT2D eigenvalue weighted by Crippen LogP contribution is -2.59. The van der Waals surface area contributed by atoms with E-state index in [2.05, 4.69) is 16.1 Å². The van der Waals surface area contributed by atoms with Crippen LogP contribution in [-0.4, -0.2) is 55.4 Å². The molecule has 0 aromatic heterocycles. The number of carbonyl (C=O) groups excluding carboxylic acids is 2. The van der Waals surface area contributed by atoms with Crippen LogP contribution in [0.15, 0.2) is 28.2 Å². The van der Waals surface area contributed by atoms with E-state index in [1.165, 1.54) is 21.0 Å². The van der Waals surface area contributed by atoms with Gasteiger partial charge in [-0.1, -0.05) is 28.5 Å². The molecule has 0 bridgehead atoms. The van der Waals surface area contributed by atoms with Crippen LogP contribution < -0.4 is 0 Å². The van der Waals surface area contributed by atoms with E-state index in [9.17, 15) is 14.9 Å². The van der Waals surface area contributed by atoms with E-state index in [4.69, 9.17) is 36.1 Å². The van der Waals surface area contributed by atoms with Crippen molar-refractivity contribution in [3.05, 3.63) is 39.2 Å². The van der Waals surface area contributed by atoms with Crippen LogP contribution >= 0.6 is 23.4 Å². The minimum Gasteiger partial charge on any atom is -0.463 e. The summed E-state index contributed by atoms with van der Waals surface area (Å²) in [5.41, 5.74) is 8.63. The van der Waals surface area contributed by atoms with Crippen LogP contribution in [-0.2, 0) is 28.5 Å². The van der Waals surface area contributed by atoms with Crippen LogP contribution in [0, 0.1) is 11.3 Å². The Morgan fingerprint density at radius 1 is 1.37 bits per heavy atom. The fraction of sp³-hybridized carbons (Fsp3) is 0.500. The van der Waals surface area contributed by atoms with Gasteiger partial charge >= 0.3 is 11.9 Å². The summed E-state index contributed by atoms with van der Waals surface area (Å²) >= 11 is 7.19. The predicted molar refractivity (Wildman–Crippen MR) is 107 cm³/mol. The maximum atomic E-state index is 11.6. The van der Waals surface area contributed by atoms with E-state index in [1.807, 2.05) is 0 Å². The second-order valence-corrected chi connectivity index (χ2v) is 7.76. The minimum atomic E-state index is -1.05. The number of rotatable bonds is 7. The normalized spacial score (nSPS) is 25.5. The third kappa shape index (κ3) is 6.01. The van der Waals surface area contributed by atoms with Gasteiger partial charge in [-0.15, -0.1) is 0 Å². The van der Waals surface area contributed by atoms with Gasteiger partial charge in [0.15, 0.2) is 0 Å². The Morgan fingerprint density at radius 3 is 2.67 bits per heavy atom. The lowest BCUT2D eigenvalue weighted by Gasteiger charge is -2.43. The average Bonchev–Trinajstić information content (AvgIpc) is 2.68. The third-order valence-corrected chi connectivity index (χ3v) is 5.57. The molecule has 1 aromatic rings. The van der Waals surface area contributed by atoms with E-state index in [0.717, 1.165) is 11.8 Å². The molecule has 2 rings (SSSR count). The van der Waals surface area contributed by atoms with Crippen molar-refractivity contribution < 1.29 is 28.5 Å². The SMILES string of the molecule is CO[C@H]1C(N=[N+]=[N-])[C@@H](OC(C)=O)C(COC(C)=O)O[C@@H]1Sc1cc(Cl)ccc1C#N. The van der Waals surface area contributed by atoms with Gasteiger partial charge in [0, 0.05) is 35.8 Å². The van der Waals surface area contributed by atoms with Crippen molar-refractivity contribution in [3.8, 4) is 6.07 Å². The largest absolute Gasteiger partial charge is 0.463 e. The van der Waals surface area contributed by atoms with Crippen molar-refractivity contribution in [1.82, 2.24) is 0 Å². The van der Waals surface area contributed by atoms with Crippen molar-refractivity contribution in [3.63, 3.8) is 0 Å². The first-order chi connectivity index (χ1) is 14.3. The Kier molecular flexibility index (Phi) is 8.77. The molecule has 5 atom stereocenters. The fourth-order valence-electron chi connectivity index (χ4n) is 2.91. The van der Waals surface area contributed by atoms with E-state index in [0.29, 0.717) is 15.5 Å². The van der Waals surface area contributed by atoms with Crippen molar-refractivity contribution in [1.29, 1.82) is 5.26 Å². The zero-order valence-electron chi connectivity index (χ0n) is 16.4. The van der Waals surface area contributed by atoms with E-state index in [-0.39, 0.29) is 6.61 Å². The molecule has 2 unspecified atom stereocenters. The van der Waals surface area contributed by atoms with E-state index >= 15 is 0 Å². The van der Waals surface area contributed by atoms with Gasteiger partial charge in [0.05, 0.1) is 5.56 Å². The lowest BCUT2D eigenvalue weighted by atomic mass is 9.97. The summed E-state index contributed by atoms with van der Waals surface area (Å²) < 4.78 is 21.9. The lowest BCUT2D eigenvalue weighted by molar-refractivity contribution is -0.196. The quantitative estimate of drug-likeness (QED) is 0.264. The maximum Gasteiger partial charge on any atom is 0.303 e. The highest BCUT2D eigenvalue weighted by Gasteiger charge is 2.48. The molecule has 1 aromatic carbocycles. The molecule has 160 valence electrons. The van der Waals surface area contributed by atoms with Crippen molar-refractivity contribution in [2.75, 3.05) is 13.7 Å². The maximum absolute atomic E-state index is 11.6. The minimum absolute atomic E-state index is 0.237. The summed E-state index contributed by atoms with van der Waals surface area (Å²) in [7, 11) is 1.39. The van der Waals surface area contributed by atoms with Gasteiger partial charge < -0.3 is 18.9 Å². The van der Waals surface area contributed by atoms with Crippen LogP contribution in [0.1, 0.15) is 19.4 Å². The summed E-state index contributed by atoms with van der Waals surface area (Å²) in [4.78, 5) is 26.3. The fourth-order valence-corrected chi connectivity index (χ4v) is 4.44. The van der Waals surface area contributed by atoms with Crippen molar-refractivity contribution in [2.45, 2.75) is 48.5 Å². The molecule has 0 spiro atoms. The topological polar surface area (TPSA) is 144 Å². The summed E-state index contributed by atoms with van der Waals surface area (Å²) in [6, 6.07) is 5.85. The number of hydrogen-bond donors (Lipinski definition) is 0. The molecule has 0 N–H and O–H groups in total. The van der Waals surface area contributed by atoms with E-state index in [1.54, 1.807) is 18.2 Å². The molecule has 1 fully saturated rings. The Morgan fingerprint density at radius 2 is 2.10 bits per heavy atom. The second kappa shape index (κ2) is 11.1. The monoisotopic (exact) mass is 454 g/mol. The van der Waals surface area contributed by atoms with Gasteiger partial charge in [-0.2, -0.15) is 5.26 Å². The third-order valence-electron chi connectivity index (χ3n) is 4.13. The zero-order chi connectivity index (χ0) is 22.3. The zero-order valence-corrected chi connectivity index (χ0v) is 17.9. The molecular weight excluding hydrogens is 436 g/mol. The Labute approximate surface area is 182 Å². The molecule has 0 radical (unpaired) electrons. The summed E-state index contributed by atoms with van der Waals surface area (Å²) in [6.45, 7) is 2.19. The van der Waals surface area contributed by atoms with Gasteiger partial charge in [-0.3, -0.25) is 9.59 Å². The molecule has 12 heteroatoms. The molecule has 0 aliphatic carbocycles. The number of methoxy groups -OCH3 is 1. The summed E-state index contributed by atoms with van der Waals surface area (Å²) in [5, 5.41) is 13.5. The highest BCUT2D eigenvalue weighted by atomic mass is 35.5. The second-order valence-electron chi connectivity index (χ2n) is 6.19. The smallest absolute Gasteiger partial charge is 0.303 e. The number of nitriles is 1. The Balaban J connectivity index is 2.43. The van der Waals surface area contributed by atoms with Crippen LogP contribution in [0.4, 0.5) is 0 Å². The number of halogens is 1. The first-order valence-corrected chi connectivity index (χ1v) is 9.95. The molecule has 0 saturated carbocycles. The molecule has 1 aliphatic heterocycles. The van der Waals surface area contributed by atoms with Crippen molar-refractivity contribution in [2.24, 2.45) is 5.11 Å². The standard InChI is InChI=1S/C18H19ClN4O6S/c1-9(24)27-8-13-16(28-10(2)25)15(22-23-21)17(26-3)18(29-13)30-14-6-12(19)5-4-11(14)7-20/h4-6,13,15-18H,8H2,1-3H3/t13?,15?,16-,17-,18+/m0/s1. The van der Waals surface area contributed by atoms with Gasteiger partial charge in [0.2, 0.25) is 0 Å². The molecule has 0 amide bonds. The van der Waals surface area contributed by atoms with Crippen LogP contribution in [0.25, 0.3) is 10.4 Å². The summed E-state index contributed by atoms with van der Waals surface area (Å²) in [6.07, 6.45) is -2.81. The van der Waals surface area contributed by atoms with Crippen molar-refractivity contribution >= 4 is 35.3 Å². The molecule has 1 saturated heterocycles. The number of esters is 2. The van der Waals surface area contributed by atoms with Gasteiger partial charge in [0.25, 0.3) is 0 Å². The molecule has 1 heterocycles. The van der Waals surface area contributed by atoms with Gasteiger partial charge in [0.1, 0.15) is 42.5 Å². The molecule has 10 nitrogen and oxygen atoms in total. The number of azide groups is 1. The number of hydrogen-bond acceptors (Lipinski definition) is 9. The first kappa shape index (κ1) is 23.8. The summed E-state index contributed by atoms with van der Waals surface area (Å²) in [5.74, 6) is -1.18.